The van der Waals surface area contributed by atoms with Crippen molar-refractivity contribution in [3.05, 3.63) is 57.1 Å². The van der Waals surface area contributed by atoms with Gasteiger partial charge < -0.3 is 4.74 Å². The standard InChI is InChI=1S/C14H12Cl2N2O/c15-11-4-2-1-3-9(11)7-13-17-12-5-6-19-8-10(12)14(16)18-13/h1-4H,5-8H2. The number of aromatic nitrogens is 2. The van der Waals surface area contributed by atoms with Crippen LogP contribution in [0.3, 0.4) is 0 Å². The highest BCUT2D eigenvalue weighted by atomic mass is 35.5. The fourth-order valence-corrected chi connectivity index (χ4v) is 2.60. The predicted octanol–water partition coefficient (Wildman–Crippen LogP) is 3.45. The van der Waals surface area contributed by atoms with Crippen molar-refractivity contribution in [2.75, 3.05) is 6.61 Å². The second-order valence-corrected chi connectivity index (χ2v) is 5.19. The van der Waals surface area contributed by atoms with E-state index in [0.717, 1.165) is 28.3 Å². The molecular formula is C14H12Cl2N2O. The summed E-state index contributed by atoms with van der Waals surface area (Å²) in [6.07, 6.45) is 1.38. The molecule has 0 saturated heterocycles. The van der Waals surface area contributed by atoms with Gasteiger partial charge in [-0.15, -0.1) is 0 Å². The first-order chi connectivity index (χ1) is 9.24. The van der Waals surface area contributed by atoms with E-state index in [-0.39, 0.29) is 0 Å². The van der Waals surface area contributed by atoms with Gasteiger partial charge >= 0.3 is 0 Å². The molecule has 1 aliphatic rings. The lowest BCUT2D eigenvalue weighted by Gasteiger charge is -2.17. The van der Waals surface area contributed by atoms with Gasteiger partial charge in [0, 0.05) is 23.4 Å². The molecule has 0 unspecified atom stereocenters. The maximum atomic E-state index is 6.19. The fraction of sp³-hybridized carbons (Fsp3) is 0.286. The van der Waals surface area contributed by atoms with Crippen molar-refractivity contribution in [2.24, 2.45) is 0 Å². The topological polar surface area (TPSA) is 35.0 Å². The van der Waals surface area contributed by atoms with Crippen LogP contribution in [0.2, 0.25) is 10.2 Å². The highest BCUT2D eigenvalue weighted by Gasteiger charge is 2.17. The molecule has 19 heavy (non-hydrogen) atoms. The van der Waals surface area contributed by atoms with Gasteiger partial charge in [-0.3, -0.25) is 0 Å². The molecule has 0 atom stereocenters. The lowest BCUT2D eigenvalue weighted by Crippen LogP contribution is -2.15. The van der Waals surface area contributed by atoms with E-state index in [9.17, 15) is 0 Å². The largest absolute Gasteiger partial charge is 0.376 e. The number of rotatable bonds is 2. The number of hydrogen-bond donors (Lipinski definition) is 0. The van der Waals surface area contributed by atoms with Crippen LogP contribution < -0.4 is 0 Å². The third-order valence-corrected chi connectivity index (χ3v) is 3.81. The van der Waals surface area contributed by atoms with Crippen LogP contribution in [0.1, 0.15) is 22.6 Å². The molecule has 1 aromatic carbocycles. The number of fused-ring (bicyclic) bond motifs is 1. The molecule has 5 heteroatoms. The average molecular weight is 295 g/mol. The summed E-state index contributed by atoms with van der Waals surface area (Å²) >= 11 is 12.3. The molecule has 0 amide bonds. The van der Waals surface area contributed by atoms with Crippen molar-refractivity contribution >= 4 is 23.2 Å². The Balaban J connectivity index is 1.94. The molecule has 1 aliphatic heterocycles. The zero-order valence-corrected chi connectivity index (χ0v) is 11.7. The molecule has 3 nitrogen and oxygen atoms in total. The van der Waals surface area contributed by atoms with Gasteiger partial charge in [-0.25, -0.2) is 9.97 Å². The molecule has 3 rings (SSSR count). The van der Waals surface area contributed by atoms with Crippen LogP contribution in [-0.4, -0.2) is 16.6 Å². The summed E-state index contributed by atoms with van der Waals surface area (Å²) in [6, 6.07) is 7.70. The molecule has 1 aromatic heterocycles. The van der Waals surface area contributed by atoms with Gasteiger partial charge in [-0.2, -0.15) is 0 Å². The molecule has 98 valence electrons. The van der Waals surface area contributed by atoms with E-state index in [1.165, 1.54) is 0 Å². The monoisotopic (exact) mass is 294 g/mol. The molecule has 0 radical (unpaired) electrons. The van der Waals surface area contributed by atoms with Gasteiger partial charge in [0.25, 0.3) is 0 Å². The third kappa shape index (κ3) is 2.73. The van der Waals surface area contributed by atoms with Crippen LogP contribution in [0, 0.1) is 0 Å². The Kier molecular flexibility index (Phi) is 3.69. The highest BCUT2D eigenvalue weighted by Crippen LogP contribution is 2.24. The molecule has 0 aliphatic carbocycles. The van der Waals surface area contributed by atoms with Crippen molar-refractivity contribution in [1.29, 1.82) is 0 Å². The molecule has 0 spiro atoms. The first-order valence-corrected chi connectivity index (χ1v) is 6.85. The number of nitrogens with zero attached hydrogens (tertiary/aromatic N) is 2. The Morgan fingerprint density at radius 1 is 1.16 bits per heavy atom. The first-order valence-electron chi connectivity index (χ1n) is 6.09. The Morgan fingerprint density at radius 3 is 2.84 bits per heavy atom. The quantitative estimate of drug-likeness (QED) is 0.796. The van der Waals surface area contributed by atoms with Crippen LogP contribution >= 0.6 is 23.2 Å². The number of halogens is 2. The van der Waals surface area contributed by atoms with Crippen molar-refractivity contribution in [3.63, 3.8) is 0 Å². The minimum absolute atomic E-state index is 0.492. The molecule has 2 aromatic rings. The van der Waals surface area contributed by atoms with E-state index in [0.29, 0.717) is 30.6 Å². The summed E-state index contributed by atoms with van der Waals surface area (Å²) in [5.74, 6) is 0.707. The number of benzene rings is 1. The summed E-state index contributed by atoms with van der Waals surface area (Å²) in [5, 5.41) is 1.22. The van der Waals surface area contributed by atoms with Crippen molar-refractivity contribution in [2.45, 2.75) is 19.4 Å². The van der Waals surface area contributed by atoms with Gasteiger partial charge in [0.1, 0.15) is 11.0 Å². The third-order valence-electron chi connectivity index (χ3n) is 3.12. The van der Waals surface area contributed by atoms with Crippen molar-refractivity contribution < 1.29 is 4.74 Å². The van der Waals surface area contributed by atoms with Crippen molar-refractivity contribution in [1.82, 2.24) is 9.97 Å². The van der Waals surface area contributed by atoms with Crippen LogP contribution in [0.5, 0.6) is 0 Å². The van der Waals surface area contributed by atoms with Gasteiger partial charge in [-0.05, 0) is 11.6 Å². The number of hydrogen-bond acceptors (Lipinski definition) is 3. The summed E-state index contributed by atoms with van der Waals surface area (Å²) in [4.78, 5) is 8.91. The van der Waals surface area contributed by atoms with Gasteiger partial charge in [-0.1, -0.05) is 41.4 Å². The lowest BCUT2D eigenvalue weighted by atomic mass is 10.1. The smallest absolute Gasteiger partial charge is 0.138 e. The molecule has 0 saturated carbocycles. The van der Waals surface area contributed by atoms with E-state index in [1.54, 1.807) is 0 Å². The fourth-order valence-electron chi connectivity index (χ4n) is 2.13. The van der Waals surface area contributed by atoms with Crippen molar-refractivity contribution in [3.8, 4) is 0 Å². The highest BCUT2D eigenvalue weighted by molar-refractivity contribution is 6.31. The zero-order chi connectivity index (χ0) is 13.2. The minimum atomic E-state index is 0.492. The van der Waals surface area contributed by atoms with E-state index in [2.05, 4.69) is 9.97 Å². The Bertz CT molecular complexity index is 616. The normalized spacial score (nSPS) is 14.2. The predicted molar refractivity (Wildman–Crippen MR) is 74.7 cm³/mol. The van der Waals surface area contributed by atoms with E-state index >= 15 is 0 Å². The zero-order valence-electron chi connectivity index (χ0n) is 10.2. The lowest BCUT2D eigenvalue weighted by molar-refractivity contribution is 0.109. The molecule has 0 N–H and O–H groups in total. The second-order valence-electron chi connectivity index (χ2n) is 4.43. The molecule has 0 fully saturated rings. The molecular weight excluding hydrogens is 283 g/mol. The Morgan fingerprint density at radius 2 is 2.00 bits per heavy atom. The van der Waals surface area contributed by atoms with Gasteiger partial charge in [0.05, 0.1) is 18.9 Å². The number of ether oxygens (including phenoxy) is 1. The maximum absolute atomic E-state index is 6.19. The minimum Gasteiger partial charge on any atom is -0.376 e. The van der Waals surface area contributed by atoms with Crippen LogP contribution in [0.15, 0.2) is 24.3 Å². The van der Waals surface area contributed by atoms with E-state index < -0.39 is 0 Å². The Labute approximate surface area is 121 Å². The van der Waals surface area contributed by atoms with Gasteiger partial charge in [0.15, 0.2) is 0 Å². The van der Waals surface area contributed by atoms with E-state index in [4.69, 9.17) is 27.9 Å². The van der Waals surface area contributed by atoms with Crippen LogP contribution in [0.4, 0.5) is 0 Å². The summed E-state index contributed by atoms with van der Waals surface area (Å²) in [7, 11) is 0. The van der Waals surface area contributed by atoms with Crippen LogP contribution in [-0.2, 0) is 24.2 Å². The summed E-state index contributed by atoms with van der Waals surface area (Å²) < 4.78 is 5.37. The molecule has 2 heterocycles. The second kappa shape index (κ2) is 5.45. The first kappa shape index (κ1) is 12.9. The van der Waals surface area contributed by atoms with Crippen LogP contribution in [0.25, 0.3) is 0 Å². The SMILES string of the molecule is Clc1ccccc1Cc1nc(Cl)c2c(n1)CCOC2. The summed E-state index contributed by atoms with van der Waals surface area (Å²) in [5.41, 5.74) is 2.91. The maximum Gasteiger partial charge on any atom is 0.138 e. The average Bonchev–Trinajstić information content (AvgIpc) is 2.42. The van der Waals surface area contributed by atoms with Gasteiger partial charge in [0.2, 0.25) is 0 Å². The Hall–Kier alpha value is -1.16. The molecule has 0 bridgehead atoms. The van der Waals surface area contributed by atoms with E-state index in [1.807, 2.05) is 24.3 Å². The summed E-state index contributed by atoms with van der Waals surface area (Å²) in [6.45, 7) is 1.19.